The molecule has 21 heavy (non-hydrogen) atoms. The van der Waals surface area contributed by atoms with Gasteiger partial charge in [0.2, 0.25) is 0 Å². The van der Waals surface area contributed by atoms with E-state index in [1.165, 1.54) is 6.21 Å². The van der Waals surface area contributed by atoms with Gasteiger partial charge in [0.15, 0.2) is 0 Å². The molecule has 0 aliphatic heterocycles. The van der Waals surface area contributed by atoms with Gasteiger partial charge in [-0.1, -0.05) is 0 Å². The zero-order valence-corrected chi connectivity index (χ0v) is 11.0. The number of aromatic amines is 2. The van der Waals surface area contributed by atoms with E-state index in [0.29, 0.717) is 5.75 Å². The molecule has 1 aromatic heterocycles. The minimum Gasteiger partial charge on any atom is -0.497 e. The Labute approximate surface area is 118 Å². The van der Waals surface area contributed by atoms with Crippen molar-refractivity contribution in [2.24, 2.45) is 5.10 Å². The lowest BCUT2D eigenvalue weighted by Crippen LogP contribution is -2.31. The zero-order valence-electron chi connectivity index (χ0n) is 11.0. The van der Waals surface area contributed by atoms with Crippen molar-refractivity contribution in [3.8, 4) is 5.75 Å². The Kier molecular flexibility index (Phi) is 4.30. The molecule has 0 bridgehead atoms. The van der Waals surface area contributed by atoms with Gasteiger partial charge in [-0.25, -0.2) is 10.2 Å². The van der Waals surface area contributed by atoms with Gasteiger partial charge in [-0.2, -0.15) is 5.10 Å². The number of methoxy groups -OCH3 is 1. The normalized spacial score (nSPS) is 10.5. The van der Waals surface area contributed by atoms with E-state index in [2.05, 4.69) is 15.5 Å². The van der Waals surface area contributed by atoms with Gasteiger partial charge in [-0.05, 0) is 29.8 Å². The van der Waals surface area contributed by atoms with E-state index in [1.807, 2.05) is 4.98 Å². The smallest absolute Gasteiger partial charge is 0.325 e. The fourth-order valence-electron chi connectivity index (χ4n) is 1.49. The minimum atomic E-state index is -0.782. The lowest BCUT2D eigenvalue weighted by molar-refractivity contribution is 0.0953. The van der Waals surface area contributed by atoms with E-state index < -0.39 is 17.2 Å². The molecule has 0 spiro atoms. The van der Waals surface area contributed by atoms with Crippen LogP contribution >= 0.6 is 0 Å². The summed E-state index contributed by atoms with van der Waals surface area (Å²) in [5.74, 6) is -0.0202. The molecular weight excluding hydrogens is 276 g/mol. The Balaban J connectivity index is 2.04. The molecule has 3 N–H and O–H groups in total. The van der Waals surface area contributed by atoms with Crippen molar-refractivity contribution in [1.29, 1.82) is 0 Å². The third kappa shape index (κ3) is 3.66. The number of ether oxygens (including phenoxy) is 1. The summed E-state index contributed by atoms with van der Waals surface area (Å²) in [7, 11) is 1.56. The van der Waals surface area contributed by atoms with Crippen LogP contribution in [0.4, 0.5) is 0 Å². The highest BCUT2D eigenvalue weighted by atomic mass is 16.5. The van der Waals surface area contributed by atoms with Crippen LogP contribution in [0.3, 0.4) is 0 Å². The van der Waals surface area contributed by atoms with E-state index in [-0.39, 0.29) is 5.56 Å². The number of carbonyl (C=O) groups excluding carboxylic acids is 1. The number of amides is 1. The highest BCUT2D eigenvalue weighted by molar-refractivity contribution is 5.94. The molecule has 0 radical (unpaired) electrons. The molecule has 1 aromatic carbocycles. The van der Waals surface area contributed by atoms with Crippen LogP contribution in [-0.4, -0.2) is 29.2 Å². The number of hydrogen-bond donors (Lipinski definition) is 3. The number of rotatable bonds is 4. The molecule has 1 amide bonds. The van der Waals surface area contributed by atoms with Crippen molar-refractivity contribution in [3.63, 3.8) is 0 Å². The van der Waals surface area contributed by atoms with Crippen LogP contribution < -0.4 is 21.4 Å². The Morgan fingerprint density at radius 3 is 2.62 bits per heavy atom. The second kappa shape index (κ2) is 6.33. The first-order chi connectivity index (χ1) is 10.1. The second-order valence-corrected chi connectivity index (χ2v) is 3.96. The molecule has 0 unspecified atom stereocenters. The topological polar surface area (TPSA) is 116 Å². The number of hydrogen-bond acceptors (Lipinski definition) is 5. The summed E-state index contributed by atoms with van der Waals surface area (Å²) in [6.07, 6.45) is 2.44. The van der Waals surface area contributed by atoms with Crippen LogP contribution in [0.2, 0.25) is 0 Å². The van der Waals surface area contributed by atoms with Crippen molar-refractivity contribution >= 4 is 12.1 Å². The fraction of sp³-hybridized carbons (Fsp3) is 0.0769. The lowest BCUT2D eigenvalue weighted by atomic mass is 10.2. The van der Waals surface area contributed by atoms with Gasteiger partial charge in [0.05, 0.1) is 13.3 Å². The predicted octanol–water partition coefficient (Wildman–Crippen LogP) is -0.164. The number of aromatic nitrogens is 2. The van der Waals surface area contributed by atoms with Gasteiger partial charge in [0.25, 0.3) is 11.5 Å². The Morgan fingerprint density at radius 1 is 1.29 bits per heavy atom. The molecular formula is C13H12N4O4. The number of hydrazone groups is 1. The van der Waals surface area contributed by atoms with Crippen molar-refractivity contribution in [3.05, 3.63) is 62.4 Å². The third-order valence-corrected chi connectivity index (χ3v) is 2.56. The maximum atomic E-state index is 11.7. The predicted molar refractivity (Wildman–Crippen MR) is 75.7 cm³/mol. The van der Waals surface area contributed by atoms with E-state index in [9.17, 15) is 14.4 Å². The number of nitrogens with one attached hydrogen (secondary N) is 3. The molecule has 108 valence electrons. The van der Waals surface area contributed by atoms with Crippen LogP contribution in [0, 0.1) is 0 Å². The molecule has 1 heterocycles. The number of nitrogens with zero attached hydrogens (tertiary/aromatic N) is 1. The maximum Gasteiger partial charge on any atom is 0.325 e. The molecule has 2 aromatic rings. The number of H-pyrrole nitrogens is 2. The molecule has 8 nitrogen and oxygen atoms in total. The standard InChI is InChI=1S/C13H12N4O4/c1-21-9-4-2-8(3-5-9)6-15-17-12(19)10-7-14-13(20)16-11(10)18/h2-7H,1H3,(H,17,19)(H2,14,16,18,20)/b15-6+. The highest BCUT2D eigenvalue weighted by Crippen LogP contribution is 2.09. The lowest BCUT2D eigenvalue weighted by Gasteiger charge is -1.99. The summed E-state index contributed by atoms with van der Waals surface area (Å²) in [4.78, 5) is 38.0. The van der Waals surface area contributed by atoms with Crippen molar-refractivity contribution in [1.82, 2.24) is 15.4 Å². The Bertz CT molecular complexity index is 774. The first-order valence-corrected chi connectivity index (χ1v) is 5.89. The van der Waals surface area contributed by atoms with E-state index in [0.717, 1.165) is 11.8 Å². The number of carbonyl (C=O) groups is 1. The molecule has 2 rings (SSSR count). The first kappa shape index (κ1) is 14.3. The average Bonchev–Trinajstić information content (AvgIpc) is 2.47. The molecule has 0 aliphatic carbocycles. The summed E-state index contributed by atoms with van der Waals surface area (Å²) >= 11 is 0. The fourth-order valence-corrected chi connectivity index (χ4v) is 1.49. The SMILES string of the molecule is COc1ccc(/C=N/NC(=O)c2c[nH]c(=O)[nH]c2=O)cc1. The van der Waals surface area contributed by atoms with Crippen LogP contribution in [0.25, 0.3) is 0 Å². The van der Waals surface area contributed by atoms with Gasteiger partial charge in [0, 0.05) is 6.20 Å². The largest absolute Gasteiger partial charge is 0.497 e. The molecule has 8 heteroatoms. The summed E-state index contributed by atoms with van der Waals surface area (Å²) in [6.45, 7) is 0. The van der Waals surface area contributed by atoms with Gasteiger partial charge in [0.1, 0.15) is 11.3 Å². The first-order valence-electron chi connectivity index (χ1n) is 5.89. The molecule has 0 aliphatic rings. The summed E-state index contributed by atoms with van der Waals surface area (Å²) in [5.41, 5.74) is 1.24. The summed E-state index contributed by atoms with van der Waals surface area (Å²) in [6, 6.07) is 6.99. The molecule has 0 fully saturated rings. The van der Waals surface area contributed by atoms with Gasteiger partial charge < -0.3 is 9.72 Å². The van der Waals surface area contributed by atoms with Crippen LogP contribution in [0.1, 0.15) is 15.9 Å². The highest BCUT2D eigenvalue weighted by Gasteiger charge is 2.09. The minimum absolute atomic E-state index is 0.235. The van der Waals surface area contributed by atoms with Gasteiger partial charge in [-0.15, -0.1) is 0 Å². The monoisotopic (exact) mass is 288 g/mol. The van der Waals surface area contributed by atoms with Crippen LogP contribution in [0.15, 0.2) is 45.2 Å². The van der Waals surface area contributed by atoms with Gasteiger partial charge in [-0.3, -0.25) is 14.6 Å². The van der Waals surface area contributed by atoms with Crippen LogP contribution in [0.5, 0.6) is 5.75 Å². The molecule has 0 saturated heterocycles. The molecule has 0 atom stereocenters. The van der Waals surface area contributed by atoms with E-state index in [1.54, 1.807) is 31.4 Å². The summed E-state index contributed by atoms with van der Waals surface area (Å²) < 4.78 is 5.01. The number of benzene rings is 1. The van der Waals surface area contributed by atoms with E-state index in [4.69, 9.17) is 4.74 Å². The Morgan fingerprint density at radius 2 is 2.00 bits per heavy atom. The molecule has 0 saturated carbocycles. The maximum absolute atomic E-state index is 11.7. The van der Waals surface area contributed by atoms with Crippen molar-refractivity contribution in [2.45, 2.75) is 0 Å². The third-order valence-electron chi connectivity index (χ3n) is 2.56. The van der Waals surface area contributed by atoms with Crippen LogP contribution in [-0.2, 0) is 0 Å². The van der Waals surface area contributed by atoms with Crippen molar-refractivity contribution < 1.29 is 9.53 Å². The van der Waals surface area contributed by atoms with Crippen molar-refractivity contribution in [2.75, 3.05) is 7.11 Å². The zero-order chi connectivity index (χ0) is 15.2. The second-order valence-electron chi connectivity index (χ2n) is 3.96. The quantitative estimate of drug-likeness (QED) is 0.535. The van der Waals surface area contributed by atoms with E-state index >= 15 is 0 Å². The van der Waals surface area contributed by atoms with Gasteiger partial charge >= 0.3 is 5.69 Å². The Hall–Kier alpha value is -3.16. The average molecular weight is 288 g/mol. The summed E-state index contributed by atoms with van der Waals surface area (Å²) in [5, 5.41) is 3.73.